The van der Waals surface area contributed by atoms with Gasteiger partial charge in [-0.05, 0) is 36.4 Å². The molecule has 1 amide bonds. The predicted octanol–water partition coefficient (Wildman–Crippen LogP) is 2.40. The molecule has 0 spiro atoms. The van der Waals surface area contributed by atoms with Crippen molar-refractivity contribution in [1.82, 2.24) is 4.31 Å². The molecule has 0 saturated carbocycles. The summed E-state index contributed by atoms with van der Waals surface area (Å²) < 4.78 is 26.3. The third-order valence-electron chi connectivity index (χ3n) is 3.73. The Balaban J connectivity index is 2.20. The van der Waals surface area contributed by atoms with Crippen LogP contribution in [0.1, 0.15) is 5.56 Å². The van der Waals surface area contributed by atoms with E-state index < -0.39 is 10.0 Å². The summed E-state index contributed by atoms with van der Waals surface area (Å²) in [6.45, 7) is 3.61. The van der Waals surface area contributed by atoms with Gasteiger partial charge < -0.3 is 4.90 Å². The quantitative estimate of drug-likeness (QED) is 0.702. The molecule has 0 radical (unpaired) electrons. The van der Waals surface area contributed by atoms with Gasteiger partial charge in [0.1, 0.15) is 0 Å². The molecule has 0 atom stereocenters. The first-order chi connectivity index (χ1) is 12.4. The average Bonchev–Trinajstić information content (AvgIpc) is 2.66. The number of sulfonamides is 1. The molecule has 26 heavy (non-hydrogen) atoms. The van der Waals surface area contributed by atoms with Crippen molar-refractivity contribution in [1.29, 1.82) is 5.26 Å². The standard InChI is InChI=1S/C19H19N3O3S/c1-3-13-22(17-7-5-4-6-8-17)19(23)15-21(2)26(24,25)18-11-9-16(14-20)10-12-18/h3-12H,1,13,15H2,2H3. The lowest BCUT2D eigenvalue weighted by atomic mass is 10.2. The molecule has 0 aliphatic carbocycles. The summed E-state index contributed by atoms with van der Waals surface area (Å²) in [6.07, 6.45) is 1.58. The van der Waals surface area contributed by atoms with Crippen LogP contribution in [0.5, 0.6) is 0 Å². The highest BCUT2D eigenvalue weighted by Gasteiger charge is 2.25. The first-order valence-electron chi connectivity index (χ1n) is 7.83. The summed E-state index contributed by atoms with van der Waals surface area (Å²) >= 11 is 0. The average molecular weight is 369 g/mol. The van der Waals surface area contributed by atoms with E-state index in [9.17, 15) is 13.2 Å². The van der Waals surface area contributed by atoms with Gasteiger partial charge in [-0.1, -0.05) is 24.3 Å². The van der Waals surface area contributed by atoms with Crippen LogP contribution in [0.15, 0.2) is 72.1 Å². The zero-order chi connectivity index (χ0) is 19.2. The highest BCUT2D eigenvalue weighted by atomic mass is 32.2. The first-order valence-corrected chi connectivity index (χ1v) is 9.27. The van der Waals surface area contributed by atoms with Crippen molar-refractivity contribution in [3.63, 3.8) is 0 Å². The van der Waals surface area contributed by atoms with Gasteiger partial charge in [-0.15, -0.1) is 6.58 Å². The third-order valence-corrected chi connectivity index (χ3v) is 5.55. The van der Waals surface area contributed by atoms with Crippen molar-refractivity contribution in [3.8, 4) is 6.07 Å². The minimum absolute atomic E-state index is 0.0294. The van der Waals surface area contributed by atoms with Gasteiger partial charge >= 0.3 is 0 Å². The summed E-state index contributed by atoms with van der Waals surface area (Å²) in [4.78, 5) is 14.2. The fourth-order valence-corrected chi connectivity index (χ4v) is 3.45. The SMILES string of the molecule is C=CCN(C(=O)CN(C)S(=O)(=O)c1ccc(C#N)cc1)c1ccccc1. The number of rotatable bonds is 7. The molecule has 134 valence electrons. The molecule has 0 N–H and O–H groups in total. The van der Waals surface area contributed by atoms with Crippen molar-refractivity contribution >= 4 is 21.6 Å². The monoisotopic (exact) mass is 369 g/mol. The van der Waals surface area contributed by atoms with E-state index in [-0.39, 0.29) is 23.9 Å². The highest BCUT2D eigenvalue weighted by molar-refractivity contribution is 7.89. The van der Waals surface area contributed by atoms with Crippen LogP contribution in [0, 0.1) is 11.3 Å². The van der Waals surface area contributed by atoms with E-state index in [2.05, 4.69) is 6.58 Å². The number of hydrogen-bond acceptors (Lipinski definition) is 4. The Morgan fingerprint density at radius 1 is 1.15 bits per heavy atom. The van der Waals surface area contributed by atoms with Gasteiger partial charge in [-0.25, -0.2) is 8.42 Å². The summed E-state index contributed by atoms with van der Waals surface area (Å²) in [6, 6.07) is 16.5. The predicted molar refractivity (Wildman–Crippen MR) is 100.0 cm³/mol. The molecular formula is C19H19N3O3S. The first kappa shape index (κ1) is 19.4. The minimum Gasteiger partial charge on any atom is -0.307 e. The molecule has 2 rings (SSSR count). The van der Waals surface area contributed by atoms with Crippen LogP contribution in [-0.2, 0) is 14.8 Å². The molecule has 0 saturated heterocycles. The number of anilines is 1. The van der Waals surface area contributed by atoms with Crippen molar-refractivity contribution in [3.05, 3.63) is 72.8 Å². The number of amides is 1. The van der Waals surface area contributed by atoms with Crippen molar-refractivity contribution in [2.75, 3.05) is 25.0 Å². The van der Waals surface area contributed by atoms with E-state index in [4.69, 9.17) is 5.26 Å². The van der Waals surface area contributed by atoms with Crippen molar-refractivity contribution in [2.24, 2.45) is 0 Å². The fourth-order valence-electron chi connectivity index (χ4n) is 2.33. The van der Waals surface area contributed by atoms with Gasteiger partial charge in [0.2, 0.25) is 15.9 Å². The molecule has 2 aromatic carbocycles. The molecule has 0 heterocycles. The molecule has 0 aliphatic rings. The molecular weight excluding hydrogens is 350 g/mol. The van der Waals surface area contributed by atoms with Crippen LogP contribution < -0.4 is 4.90 Å². The Bertz CT molecular complexity index is 917. The van der Waals surface area contributed by atoms with Crippen LogP contribution in [0.2, 0.25) is 0 Å². The van der Waals surface area contributed by atoms with Gasteiger partial charge in [-0.3, -0.25) is 4.79 Å². The lowest BCUT2D eigenvalue weighted by molar-refractivity contribution is -0.118. The van der Waals surface area contributed by atoms with Gasteiger partial charge in [0, 0.05) is 19.3 Å². The molecule has 6 nitrogen and oxygen atoms in total. The maximum atomic E-state index is 12.7. The van der Waals surface area contributed by atoms with Gasteiger partial charge in [0.15, 0.2) is 0 Å². The normalized spacial score (nSPS) is 11.0. The van der Waals surface area contributed by atoms with Crippen LogP contribution >= 0.6 is 0 Å². The van der Waals surface area contributed by atoms with Crippen LogP contribution in [0.3, 0.4) is 0 Å². The second-order valence-electron chi connectivity index (χ2n) is 5.53. The van der Waals surface area contributed by atoms with Crippen molar-refractivity contribution in [2.45, 2.75) is 4.90 Å². The second kappa shape index (κ2) is 8.43. The Labute approximate surface area is 153 Å². The minimum atomic E-state index is -3.84. The number of benzene rings is 2. The van der Waals surface area contributed by atoms with Crippen LogP contribution in [-0.4, -0.2) is 38.8 Å². The summed E-state index contributed by atoms with van der Waals surface area (Å²) in [5, 5.41) is 8.81. The Kier molecular flexibility index (Phi) is 6.28. The second-order valence-corrected chi connectivity index (χ2v) is 7.57. The van der Waals surface area contributed by atoms with Gasteiger partial charge in [0.25, 0.3) is 0 Å². The van der Waals surface area contributed by atoms with Gasteiger partial charge in [-0.2, -0.15) is 9.57 Å². The largest absolute Gasteiger partial charge is 0.307 e. The molecule has 7 heteroatoms. The summed E-state index contributed by atoms with van der Waals surface area (Å²) in [5.41, 5.74) is 1.03. The zero-order valence-electron chi connectivity index (χ0n) is 14.4. The Morgan fingerprint density at radius 2 is 1.77 bits per heavy atom. The maximum Gasteiger partial charge on any atom is 0.243 e. The smallest absolute Gasteiger partial charge is 0.243 e. The molecule has 0 bridgehead atoms. The summed E-state index contributed by atoms with van der Waals surface area (Å²) in [7, 11) is -2.49. The number of carbonyl (C=O) groups excluding carboxylic acids is 1. The van der Waals surface area contributed by atoms with Crippen LogP contribution in [0.25, 0.3) is 0 Å². The Morgan fingerprint density at radius 3 is 2.31 bits per heavy atom. The van der Waals surface area contributed by atoms with Crippen molar-refractivity contribution < 1.29 is 13.2 Å². The lowest BCUT2D eigenvalue weighted by Gasteiger charge is -2.24. The number of para-hydroxylation sites is 1. The van der Waals surface area contributed by atoms with E-state index in [1.54, 1.807) is 30.3 Å². The summed E-state index contributed by atoms with van der Waals surface area (Å²) in [5.74, 6) is -0.365. The van der Waals surface area contributed by atoms with E-state index >= 15 is 0 Å². The van der Waals surface area contributed by atoms with E-state index in [0.717, 1.165) is 4.31 Å². The molecule has 0 fully saturated rings. The molecule has 0 aromatic heterocycles. The molecule has 2 aromatic rings. The number of carbonyl (C=O) groups is 1. The maximum absolute atomic E-state index is 12.7. The van der Waals surface area contributed by atoms with Gasteiger partial charge in [0.05, 0.1) is 23.1 Å². The van der Waals surface area contributed by atoms with Crippen LogP contribution in [0.4, 0.5) is 5.69 Å². The molecule has 0 unspecified atom stereocenters. The zero-order valence-corrected chi connectivity index (χ0v) is 15.2. The van der Waals surface area contributed by atoms with E-state index in [1.165, 1.54) is 36.2 Å². The number of hydrogen-bond donors (Lipinski definition) is 0. The van der Waals surface area contributed by atoms with E-state index in [1.807, 2.05) is 12.1 Å². The third kappa shape index (κ3) is 4.36. The molecule has 0 aliphatic heterocycles. The number of nitrogens with zero attached hydrogens (tertiary/aromatic N) is 3. The number of nitriles is 1. The lowest BCUT2D eigenvalue weighted by Crippen LogP contribution is -2.41. The Hall–Kier alpha value is -2.95. The number of likely N-dealkylation sites (N-methyl/N-ethyl adjacent to an activating group) is 1. The highest BCUT2D eigenvalue weighted by Crippen LogP contribution is 2.17. The fraction of sp³-hybridized carbons (Fsp3) is 0.158. The van der Waals surface area contributed by atoms with E-state index in [0.29, 0.717) is 11.3 Å². The topological polar surface area (TPSA) is 81.5 Å².